The van der Waals surface area contributed by atoms with Gasteiger partial charge in [0.1, 0.15) is 15.9 Å². The lowest BCUT2D eigenvalue weighted by molar-refractivity contribution is -0.118. The Morgan fingerprint density at radius 3 is 2.85 bits per heavy atom. The van der Waals surface area contributed by atoms with Crippen molar-refractivity contribution in [2.24, 2.45) is 5.73 Å². The summed E-state index contributed by atoms with van der Waals surface area (Å²) in [5.74, 6) is -0.383. The van der Waals surface area contributed by atoms with E-state index in [2.05, 4.69) is 13.5 Å². The Morgan fingerprint density at radius 2 is 2.10 bits per heavy atom. The standard InChI is InChI=1S/C11H14N4O3S2/c12-10(16)6-1-2-7-13-20(17,18)9-5-3-4-8-11(9)15-19-14-8/h3-5,13H,1-2,6-7H2,(H2,12,16). The van der Waals surface area contributed by atoms with Crippen LogP contribution in [0.25, 0.3) is 11.0 Å². The zero-order valence-corrected chi connectivity index (χ0v) is 12.2. The lowest BCUT2D eigenvalue weighted by Crippen LogP contribution is -2.25. The molecule has 0 aliphatic carbocycles. The highest BCUT2D eigenvalue weighted by Crippen LogP contribution is 2.20. The van der Waals surface area contributed by atoms with E-state index in [0.717, 1.165) is 11.7 Å². The average molecular weight is 314 g/mol. The first-order chi connectivity index (χ1) is 9.50. The van der Waals surface area contributed by atoms with Gasteiger partial charge in [0, 0.05) is 13.0 Å². The second kappa shape index (κ2) is 6.25. The number of hydrogen-bond donors (Lipinski definition) is 2. The Balaban J connectivity index is 2.03. The first-order valence-electron chi connectivity index (χ1n) is 6.00. The van der Waals surface area contributed by atoms with E-state index in [1.807, 2.05) is 0 Å². The van der Waals surface area contributed by atoms with Gasteiger partial charge in [0.05, 0.1) is 11.7 Å². The molecular weight excluding hydrogens is 300 g/mol. The third kappa shape index (κ3) is 3.50. The highest BCUT2D eigenvalue weighted by atomic mass is 32.2. The number of unbranched alkanes of at least 4 members (excludes halogenated alkanes) is 1. The van der Waals surface area contributed by atoms with Crippen LogP contribution in [0, 0.1) is 0 Å². The number of sulfonamides is 1. The van der Waals surface area contributed by atoms with Crippen LogP contribution in [0.15, 0.2) is 23.1 Å². The SMILES string of the molecule is NC(=O)CCCCNS(=O)(=O)c1cccc2nsnc12. The maximum absolute atomic E-state index is 12.2. The van der Waals surface area contributed by atoms with Gasteiger partial charge in [-0.15, -0.1) is 0 Å². The summed E-state index contributed by atoms with van der Waals surface area (Å²) in [7, 11) is -3.62. The first kappa shape index (κ1) is 14.8. The van der Waals surface area contributed by atoms with Crippen molar-refractivity contribution in [1.29, 1.82) is 0 Å². The predicted molar refractivity (Wildman–Crippen MR) is 75.6 cm³/mol. The summed E-state index contributed by atoms with van der Waals surface area (Å²) < 4.78 is 34.9. The molecule has 1 aromatic heterocycles. The Labute approximate surface area is 120 Å². The molecule has 0 aliphatic heterocycles. The molecule has 3 N–H and O–H groups in total. The summed E-state index contributed by atoms with van der Waals surface area (Å²) in [6, 6.07) is 4.84. The maximum atomic E-state index is 12.2. The van der Waals surface area contributed by atoms with Crippen LogP contribution in [-0.4, -0.2) is 29.6 Å². The third-order valence-electron chi connectivity index (χ3n) is 2.68. The van der Waals surface area contributed by atoms with Gasteiger partial charge in [-0.3, -0.25) is 4.79 Å². The molecule has 9 heteroatoms. The average Bonchev–Trinajstić information content (AvgIpc) is 2.85. The largest absolute Gasteiger partial charge is 0.370 e. The van der Waals surface area contributed by atoms with Gasteiger partial charge in [0.25, 0.3) is 0 Å². The number of nitrogens with zero attached hydrogens (tertiary/aromatic N) is 2. The molecule has 0 aliphatic rings. The van der Waals surface area contributed by atoms with Crippen LogP contribution in [0.5, 0.6) is 0 Å². The number of hydrogen-bond acceptors (Lipinski definition) is 6. The highest BCUT2D eigenvalue weighted by Gasteiger charge is 2.18. The minimum absolute atomic E-state index is 0.124. The maximum Gasteiger partial charge on any atom is 0.242 e. The normalized spacial score (nSPS) is 11.8. The number of carbonyl (C=O) groups excluding carboxylic acids is 1. The molecule has 0 spiro atoms. The smallest absolute Gasteiger partial charge is 0.242 e. The van der Waals surface area contributed by atoms with Gasteiger partial charge in [-0.05, 0) is 25.0 Å². The van der Waals surface area contributed by atoms with E-state index in [4.69, 9.17) is 5.73 Å². The van der Waals surface area contributed by atoms with Crippen molar-refractivity contribution < 1.29 is 13.2 Å². The van der Waals surface area contributed by atoms with Gasteiger partial charge in [-0.1, -0.05) is 6.07 Å². The molecule has 0 atom stereocenters. The molecule has 1 heterocycles. The lowest BCUT2D eigenvalue weighted by atomic mass is 10.2. The van der Waals surface area contributed by atoms with Crippen molar-refractivity contribution in [2.75, 3.05) is 6.54 Å². The van der Waals surface area contributed by atoms with Gasteiger partial charge in [-0.25, -0.2) is 13.1 Å². The van der Waals surface area contributed by atoms with Gasteiger partial charge in [0.2, 0.25) is 15.9 Å². The molecule has 1 aromatic carbocycles. The van der Waals surface area contributed by atoms with E-state index >= 15 is 0 Å². The number of primary amides is 1. The van der Waals surface area contributed by atoms with Crippen molar-refractivity contribution in [1.82, 2.24) is 13.5 Å². The molecule has 2 aromatic rings. The summed E-state index contributed by atoms with van der Waals surface area (Å²) in [5, 5.41) is 0. The monoisotopic (exact) mass is 314 g/mol. The Morgan fingerprint density at radius 1 is 1.30 bits per heavy atom. The van der Waals surface area contributed by atoms with E-state index in [0.29, 0.717) is 23.9 Å². The van der Waals surface area contributed by atoms with Crippen LogP contribution in [0.1, 0.15) is 19.3 Å². The summed E-state index contributed by atoms with van der Waals surface area (Å²) >= 11 is 0.975. The molecular formula is C11H14N4O3S2. The molecule has 108 valence electrons. The number of aromatic nitrogens is 2. The topological polar surface area (TPSA) is 115 Å². The Bertz CT molecular complexity index is 711. The first-order valence-corrected chi connectivity index (χ1v) is 8.21. The lowest BCUT2D eigenvalue weighted by Gasteiger charge is -2.06. The number of carbonyl (C=O) groups is 1. The second-order valence-corrected chi connectivity index (χ2v) is 6.47. The van der Waals surface area contributed by atoms with Crippen LogP contribution in [0.3, 0.4) is 0 Å². The van der Waals surface area contributed by atoms with E-state index in [1.54, 1.807) is 12.1 Å². The molecule has 0 saturated carbocycles. The fourth-order valence-electron chi connectivity index (χ4n) is 1.71. The van der Waals surface area contributed by atoms with E-state index < -0.39 is 10.0 Å². The van der Waals surface area contributed by atoms with Crippen LogP contribution in [0.4, 0.5) is 0 Å². The number of benzene rings is 1. The fraction of sp³-hybridized carbons (Fsp3) is 0.364. The van der Waals surface area contributed by atoms with Crippen LogP contribution >= 0.6 is 11.7 Å². The molecule has 0 fully saturated rings. The van der Waals surface area contributed by atoms with E-state index in [-0.39, 0.29) is 23.8 Å². The number of nitrogens with one attached hydrogen (secondary N) is 1. The number of amides is 1. The molecule has 7 nitrogen and oxygen atoms in total. The zero-order valence-electron chi connectivity index (χ0n) is 10.6. The minimum Gasteiger partial charge on any atom is -0.370 e. The van der Waals surface area contributed by atoms with Crippen LogP contribution < -0.4 is 10.5 Å². The Kier molecular flexibility index (Phi) is 4.63. The fourth-order valence-corrected chi connectivity index (χ4v) is 3.55. The number of nitrogens with two attached hydrogens (primary N) is 1. The summed E-state index contributed by atoms with van der Waals surface area (Å²) in [6.45, 7) is 0.254. The highest BCUT2D eigenvalue weighted by molar-refractivity contribution is 7.89. The predicted octanol–water partition coefficient (Wildman–Crippen LogP) is 0.625. The quantitative estimate of drug-likeness (QED) is 0.727. The summed E-state index contributed by atoms with van der Waals surface area (Å²) in [4.78, 5) is 10.7. The number of fused-ring (bicyclic) bond motifs is 1. The number of rotatable bonds is 7. The summed E-state index contributed by atoms with van der Waals surface area (Å²) in [6.07, 6.45) is 1.36. The second-order valence-electron chi connectivity index (χ2n) is 4.21. The molecule has 20 heavy (non-hydrogen) atoms. The van der Waals surface area contributed by atoms with Gasteiger partial charge >= 0.3 is 0 Å². The van der Waals surface area contributed by atoms with Crippen molar-refractivity contribution >= 4 is 38.7 Å². The van der Waals surface area contributed by atoms with E-state index in [1.165, 1.54) is 6.07 Å². The zero-order chi connectivity index (χ0) is 14.6. The molecule has 0 radical (unpaired) electrons. The van der Waals surface area contributed by atoms with Crippen molar-refractivity contribution in [3.05, 3.63) is 18.2 Å². The molecule has 0 saturated heterocycles. The molecule has 1 amide bonds. The molecule has 2 rings (SSSR count). The van der Waals surface area contributed by atoms with Crippen molar-refractivity contribution in [3.8, 4) is 0 Å². The van der Waals surface area contributed by atoms with Crippen molar-refractivity contribution in [2.45, 2.75) is 24.2 Å². The van der Waals surface area contributed by atoms with Crippen LogP contribution in [0.2, 0.25) is 0 Å². The minimum atomic E-state index is -3.62. The molecule has 0 unspecified atom stereocenters. The Hall–Kier alpha value is -1.58. The van der Waals surface area contributed by atoms with E-state index in [9.17, 15) is 13.2 Å². The molecule has 0 bridgehead atoms. The summed E-state index contributed by atoms with van der Waals surface area (Å²) in [5.41, 5.74) is 5.95. The van der Waals surface area contributed by atoms with Gasteiger partial charge in [-0.2, -0.15) is 8.75 Å². The van der Waals surface area contributed by atoms with Gasteiger partial charge < -0.3 is 5.73 Å². The van der Waals surface area contributed by atoms with Crippen molar-refractivity contribution in [3.63, 3.8) is 0 Å². The third-order valence-corrected chi connectivity index (χ3v) is 4.72. The van der Waals surface area contributed by atoms with Gasteiger partial charge in [0.15, 0.2) is 0 Å². The van der Waals surface area contributed by atoms with Crippen LogP contribution in [-0.2, 0) is 14.8 Å².